The van der Waals surface area contributed by atoms with Crippen molar-refractivity contribution in [1.29, 1.82) is 0 Å². The first kappa shape index (κ1) is 16.8. The van der Waals surface area contributed by atoms with E-state index in [9.17, 15) is 13.2 Å². The Morgan fingerprint density at radius 3 is 2.26 bits per heavy atom. The second-order valence-corrected chi connectivity index (χ2v) is 5.32. The van der Waals surface area contributed by atoms with Crippen molar-refractivity contribution in [1.82, 2.24) is 5.32 Å². The lowest BCUT2D eigenvalue weighted by Gasteiger charge is -2.44. The summed E-state index contributed by atoms with van der Waals surface area (Å²) in [7, 11) is 0. The zero-order valence-electron chi connectivity index (χ0n) is 12.0. The lowest BCUT2D eigenvalue weighted by atomic mass is 9.77. The number of alkyl halides is 3. The third-order valence-corrected chi connectivity index (χ3v) is 3.93. The maximum absolute atomic E-state index is 12.5. The van der Waals surface area contributed by atoms with Crippen LogP contribution in [0.4, 0.5) is 13.2 Å². The molecule has 0 spiro atoms. The molecule has 0 aliphatic heterocycles. The van der Waals surface area contributed by atoms with Crippen molar-refractivity contribution < 1.29 is 17.9 Å². The third kappa shape index (κ3) is 5.30. The van der Waals surface area contributed by atoms with Gasteiger partial charge >= 0.3 is 6.18 Å². The Balaban J connectivity index is 2.73. The molecule has 1 aliphatic carbocycles. The first-order valence-corrected chi connectivity index (χ1v) is 7.37. The number of rotatable bonds is 7. The Kier molecular flexibility index (Phi) is 6.60. The average Bonchev–Trinajstić information content (AvgIpc) is 2.34. The Hall–Kier alpha value is -0.290. The van der Waals surface area contributed by atoms with Gasteiger partial charge in [-0.3, -0.25) is 0 Å². The summed E-state index contributed by atoms with van der Waals surface area (Å²) < 4.78 is 43.3. The molecule has 0 aromatic rings. The fraction of sp³-hybridized carbons (Fsp3) is 1.00. The molecule has 19 heavy (non-hydrogen) atoms. The lowest BCUT2D eigenvalue weighted by Crippen LogP contribution is -2.54. The Morgan fingerprint density at radius 2 is 1.79 bits per heavy atom. The molecule has 1 N–H and O–H groups in total. The van der Waals surface area contributed by atoms with Crippen molar-refractivity contribution in [2.24, 2.45) is 0 Å². The third-order valence-electron chi connectivity index (χ3n) is 3.93. The van der Waals surface area contributed by atoms with E-state index in [1.165, 1.54) is 0 Å². The summed E-state index contributed by atoms with van der Waals surface area (Å²) in [5.74, 6) is 0. The molecule has 0 heterocycles. The van der Waals surface area contributed by atoms with Crippen LogP contribution in [0.25, 0.3) is 0 Å². The smallest absolute Gasteiger partial charge is 0.374 e. The van der Waals surface area contributed by atoms with Crippen molar-refractivity contribution in [3.05, 3.63) is 0 Å². The van der Waals surface area contributed by atoms with Gasteiger partial charge in [0.25, 0.3) is 0 Å². The zero-order valence-corrected chi connectivity index (χ0v) is 12.0. The molecular weight excluding hydrogens is 255 g/mol. The van der Waals surface area contributed by atoms with Gasteiger partial charge in [0.15, 0.2) is 0 Å². The average molecular weight is 281 g/mol. The van der Waals surface area contributed by atoms with Crippen molar-refractivity contribution in [3.8, 4) is 0 Å². The van der Waals surface area contributed by atoms with Crippen LogP contribution in [0.1, 0.15) is 58.8 Å². The summed E-state index contributed by atoms with van der Waals surface area (Å²) in [5, 5.41) is 3.23. The van der Waals surface area contributed by atoms with Gasteiger partial charge in [-0.05, 0) is 32.7 Å². The van der Waals surface area contributed by atoms with E-state index < -0.39 is 18.2 Å². The van der Waals surface area contributed by atoms with Gasteiger partial charge < -0.3 is 10.1 Å². The van der Waals surface area contributed by atoms with E-state index in [0.29, 0.717) is 13.2 Å². The van der Waals surface area contributed by atoms with Gasteiger partial charge in [-0.25, -0.2) is 0 Å². The standard InChI is InChI=1S/C14H26F3NO/c1-3-18-12(8-11-14(15,16)17)13(19-4-2)9-6-5-7-10-13/h12,18H,3-11H2,1-2H3. The van der Waals surface area contributed by atoms with Crippen LogP contribution >= 0.6 is 0 Å². The molecule has 0 saturated heterocycles. The highest BCUT2D eigenvalue weighted by Crippen LogP contribution is 2.37. The topological polar surface area (TPSA) is 21.3 Å². The van der Waals surface area contributed by atoms with E-state index in [1.54, 1.807) is 0 Å². The summed E-state index contributed by atoms with van der Waals surface area (Å²) in [6, 6.07) is -0.195. The van der Waals surface area contributed by atoms with Gasteiger partial charge in [-0.1, -0.05) is 26.2 Å². The Bertz CT molecular complexity index is 244. The quantitative estimate of drug-likeness (QED) is 0.760. The molecule has 0 radical (unpaired) electrons. The molecule has 1 rings (SSSR count). The van der Waals surface area contributed by atoms with Gasteiger partial charge in [0.05, 0.1) is 5.60 Å². The maximum Gasteiger partial charge on any atom is 0.389 e. The number of halogens is 3. The normalized spacial score (nSPS) is 21.3. The minimum atomic E-state index is -4.09. The number of hydrogen-bond acceptors (Lipinski definition) is 2. The molecule has 1 aliphatic rings. The molecule has 0 aromatic heterocycles. The molecular formula is C14H26F3NO. The fourth-order valence-corrected chi connectivity index (χ4v) is 3.14. The van der Waals surface area contributed by atoms with E-state index in [2.05, 4.69) is 5.32 Å². The monoisotopic (exact) mass is 281 g/mol. The van der Waals surface area contributed by atoms with E-state index in [4.69, 9.17) is 4.74 Å². The molecule has 114 valence electrons. The van der Waals surface area contributed by atoms with E-state index >= 15 is 0 Å². The van der Waals surface area contributed by atoms with Crippen LogP contribution in [0.2, 0.25) is 0 Å². The highest BCUT2D eigenvalue weighted by molar-refractivity contribution is 4.95. The van der Waals surface area contributed by atoms with Crippen molar-refractivity contribution in [2.75, 3.05) is 13.2 Å². The number of nitrogens with one attached hydrogen (secondary N) is 1. The maximum atomic E-state index is 12.5. The predicted molar refractivity (Wildman–Crippen MR) is 70.2 cm³/mol. The molecule has 1 unspecified atom stereocenters. The number of ether oxygens (including phenoxy) is 1. The molecule has 0 amide bonds. The summed E-state index contributed by atoms with van der Waals surface area (Å²) in [6.45, 7) is 5.09. The number of likely N-dealkylation sites (N-methyl/N-ethyl adjacent to an activating group) is 1. The van der Waals surface area contributed by atoms with Crippen molar-refractivity contribution >= 4 is 0 Å². The SMILES string of the molecule is CCNC(CCC(F)(F)F)C1(OCC)CCCCC1. The van der Waals surface area contributed by atoms with Gasteiger partial charge in [0.2, 0.25) is 0 Å². The van der Waals surface area contributed by atoms with E-state index in [0.717, 1.165) is 32.1 Å². The van der Waals surface area contributed by atoms with Crippen LogP contribution in [0.15, 0.2) is 0 Å². The molecule has 2 nitrogen and oxygen atoms in total. The van der Waals surface area contributed by atoms with Gasteiger partial charge in [-0.2, -0.15) is 13.2 Å². The van der Waals surface area contributed by atoms with Gasteiger partial charge in [0, 0.05) is 19.1 Å². The molecule has 0 bridgehead atoms. The summed E-state index contributed by atoms with van der Waals surface area (Å²) in [6.07, 6.45) is 0.286. The second kappa shape index (κ2) is 7.48. The largest absolute Gasteiger partial charge is 0.389 e. The number of hydrogen-bond donors (Lipinski definition) is 1. The van der Waals surface area contributed by atoms with Crippen LogP contribution in [0.3, 0.4) is 0 Å². The zero-order chi connectivity index (χ0) is 14.4. The lowest BCUT2D eigenvalue weighted by molar-refractivity contribution is -0.145. The Morgan fingerprint density at radius 1 is 1.16 bits per heavy atom. The minimum Gasteiger partial charge on any atom is -0.374 e. The van der Waals surface area contributed by atoms with E-state index in [-0.39, 0.29) is 12.5 Å². The predicted octanol–water partition coefficient (Wildman–Crippen LogP) is 4.05. The van der Waals surface area contributed by atoms with E-state index in [1.807, 2.05) is 13.8 Å². The molecule has 5 heteroatoms. The summed E-state index contributed by atoms with van der Waals surface area (Å²) in [4.78, 5) is 0. The molecule has 1 fully saturated rings. The minimum absolute atomic E-state index is 0.108. The van der Waals surface area contributed by atoms with Crippen LogP contribution < -0.4 is 5.32 Å². The van der Waals surface area contributed by atoms with Crippen molar-refractivity contribution in [3.63, 3.8) is 0 Å². The Labute approximate surface area is 114 Å². The molecule has 1 saturated carbocycles. The second-order valence-electron chi connectivity index (χ2n) is 5.32. The fourth-order valence-electron chi connectivity index (χ4n) is 3.14. The first-order valence-electron chi connectivity index (χ1n) is 7.37. The van der Waals surface area contributed by atoms with Gasteiger partial charge in [-0.15, -0.1) is 0 Å². The highest BCUT2D eigenvalue weighted by atomic mass is 19.4. The van der Waals surface area contributed by atoms with Crippen LogP contribution in [0, 0.1) is 0 Å². The highest BCUT2D eigenvalue weighted by Gasteiger charge is 2.41. The van der Waals surface area contributed by atoms with Gasteiger partial charge in [0.1, 0.15) is 0 Å². The summed E-state index contributed by atoms with van der Waals surface area (Å²) >= 11 is 0. The molecule has 1 atom stereocenters. The molecule has 0 aromatic carbocycles. The summed E-state index contributed by atoms with van der Waals surface area (Å²) in [5.41, 5.74) is -0.395. The van der Waals surface area contributed by atoms with Crippen LogP contribution in [-0.2, 0) is 4.74 Å². The van der Waals surface area contributed by atoms with Crippen LogP contribution in [-0.4, -0.2) is 31.0 Å². The van der Waals surface area contributed by atoms with Crippen molar-refractivity contribution in [2.45, 2.75) is 76.6 Å². The van der Waals surface area contributed by atoms with Crippen LogP contribution in [0.5, 0.6) is 0 Å². The first-order chi connectivity index (χ1) is 8.93.